The molecule has 0 saturated heterocycles. The molecule has 12 nitrogen and oxygen atoms in total. The highest BCUT2D eigenvalue weighted by atomic mass is 16.6. The SMILES string of the molecule is CCC(CO)(CO)CO.CCOC(N)=O.CCOC(N)=O.CCOC(N)=O. The van der Waals surface area contributed by atoms with Gasteiger partial charge in [-0.05, 0) is 27.2 Å². The molecule has 0 fully saturated rings. The van der Waals surface area contributed by atoms with Crippen LogP contribution in [0.5, 0.6) is 0 Å². The fraction of sp³-hybridized carbons (Fsp3) is 0.800. The van der Waals surface area contributed by atoms with Crippen LogP contribution in [0.3, 0.4) is 0 Å². The predicted octanol–water partition coefficient (Wildman–Crippen LogP) is -0.335. The smallest absolute Gasteiger partial charge is 0.404 e. The standard InChI is InChI=1S/C6H14O3.3C3H7NO2/c1-2-6(3-7,4-8)5-9;3*1-2-6-3(4)5/h7-9H,2-5H2,1H3;3*2H2,1H3,(H2,4,5). The molecule has 0 aromatic heterocycles. The Morgan fingerprint density at radius 2 is 0.889 bits per heavy atom. The van der Waals surface area contributed by atoms with Gasteiger partial charge in [0.05, 0.1) is 39.6 Å². The highest BCUT2D eigenvalue weighted by Gasteiger charge is 2.24. The van der Waals surface area contributed by atoms with E-state index in [4.69, 9.17) is 15.3 Å². The lowest BCUT2D eigenvalue weighted by molar-refractivity contribution is 0.00304. The monoisotopic (exact) mass is 401 g/mol. The Bertz CT molecular complexity index is 309. The van der Waals surface area contributed by atoms with Crippen molar-refractivity contribution in [3.8, 4) is 0 Å². The van der Waals surface area contributed by atoms with Crippen molar-refractivity contribution >= 4 is 18.3 Å². The van der Waals surface area contributed by atoms with E-state index in [0.29, 0.717) is 26.2 Å². The summed E-state index contributed by atoms with van der Waals surface area (Å²) in [4.78, 5) is 28.8. The molecule has 0 saturated carbocycles. The van der Waals surface area contributed by atoms with Crippen molar-refractivity contribution in [3.63, 3.8) is 0 Å². The van der Waals surface area contributed by atoms with Crippen LogP contribution in [0.4, 0.5) is 14.4 Å². The van der Waals surface area contributed by atoms with Crippen molar-refractivity contribution in [2.24, 2.45) is 22.6 Å². The van der Waals surface area contributed by atoms with Crippen LogP contribution in [0.2, 0.25) is 0 Å². The zero-order chi connectivity index (χ0) is 22.3. The zero-order valence-electron chi connectivity index (χ0n) is 16.5. The normalized spacial score (nSPS) is 9.00. The van der Waals surface area contributed by atoms with Crippen molar-refractivity contribution in [1.29, 1.82) is 0 Å². The van der Waals surface area contributed by atoms with E-state index in [2.05, 4.69) is 31.4 Å². The number of primary amides is 3. The van der Waals surface area contributed by atoms with Crippen molar-refractivity contribution in [3.05, 3.63) is 0 Å². The minimum atomic E-state index is -0.711. The lowest BCUT2D eigenvalue weighted by atomic mass is 9.88. The number of carbonyl (C=O) groups excluding carboxylic acids is 3. The number of aliphatic hydroxyl groups excluding tert-OH is 3. The third kappa shape index (κ3) is 31.9. The van der Waals surface area contributed by atoms with Crippen LogP contribution in [0.1, 0.15) is 34.1 Å². The molecule has 0 bridgehead atoms. The lowest BCUT2D eigenvalue weighted by Gasteiger charge is -2.24. The first kappa shape index (κ1) is 32.4. The second-order valence-corrected chi connectivity index (χ2v) is 4.58. The van der Waals surface area contributed by atoms with E-state index in [9.17, 15) is 14.4 Å². The molecule has 0 aromatic rings. The summed E-state index contributed by atoms with van der Waals surface area (Å²) in [5, 5.41) is 26.0. The average Bonchev–Trinajstić information content (AvgIpc) is 2.59. The van der Waals surface area contributed by atoms with Crippen molar-refractivity contribution in [1.82, 2.24) is 0 Å². The fourth-order valence-electron chi connectivity index (χ4n) is 0.912. The number of nitrogens with two attached hydrogens (primary N) is 3. The van der Waals surface area contributed by atoms with Gasteiger partial charge in [-0.1, -0.05) is 6.92 Å². The number of hydrogen-bond donors (Lipinski definition) is 6. The number of aliphatic hydroxyl groups is 3. The Balaban J connectivity index is -0.000000133. The molecule has 3 amide bonds. The topological polar surface area (TPSA) is 218 Å². The van der Waals surface area contributed by atoms with Gasteiger partial charge >= 0.3 is 18.3 Å². The number of hydrogen-bond acceptors (Lipinski definition) is 9. The third-order valence-corrected chi connectivity index (χ3v) is 2.62. The quantitative estimate of drug-likeness (QED) is 0.307. The molecule has 0 rings (SSSR count). The Morgan fingerprint density at radius 1 is 0.667 bits per heavy atom. The Labute approximate surface area is 159 Å². The molecule has 27 heavy (non-hydrogen) atoms. The molecule has 0 radical (unpaired) electrons. The molecule has 9 N–H and O–H groups in total. The summed E-state index contributed by atoms with van der Waals surface area (Å²) in [5.41, 5.74) is 13.0. The molecular formula is C15H35N3O9. The second kappa shape index (κ2) is 23.7. The number of amides is 3. The first-order valence-corrected chi connectivity index (χ1v) is 8.15. The zero-order valence-corrected chi connectivity index (χ0v) is 16.5. The number of carbonyl (C=O) groups is 3. The number of ether oxygens (including phenoxy) is 3. The highest BCUT2D eigenvalue weighted by molar-refractivity contribution is 5.64. The molecule has 0 aromatic carbocycles. The van der Waals surface area contributed by atoms with Crippen molar-refractivity contribution < 1.29 is 43.9 Å². The average molecular weight is 401 g/mol. The predicted molar refractivity (Wildman–Crippen MR) is 97.6 cm³/mol. The van der Waals surface area contributed by atoms with Crippen LogP contribution in [0.25, 0.3) is 0 Å². The van der Waals surface area contributed by atoms with Crippen molar-refractivity contribution in [2.75, 3.05) is 39.6 Å². The molecule has 0 unspecified atom stereocenters. The summed E-state index contributed by atoms with van der Waals surface area (Å²) in [6.07, 6.45) is -1.54. The van der Waals surface area contributed by atoms with Gasteiger partial charge in [0.2, 0.25) is 0 Å². The molecular weight excluding hydrogens is 366 g/mol. The minimum Gasteiger partial charge on any atom is -0.450 e. The van der Waals surface area contributed by atoms with Gasteiger partial charge in [0.1, 0.15) is 0 Å². The summed E-state index contributed by atoms with van der Waals surface area (Å²) >= 11 is 0. The molecule has 0 heterocycles. The summed E-state index contributed by atoms with van der Waals surface area (Å²) < 4.78 is 12.5. The molecule has 0 aliphatic carbocycles. The lowest BCUT2D eigenvalue weighted by Crippen LogP contribution is -2.32. The Hall–Kier alpha value is -2.31. The van der Waals surface area contributed by atoms with Crippen LogP contribution in [0, 0.1) is 5.41 Å². The molecule has 164 valence electrons. The molecule has 12 heteroatoms. The van der Waals surface area contributed by atoms with Crippen LogP contribution in [-0.4, -0.2) is 73.2 Å². The first-order valence-electron chi connectivity index (χ1n) is 8.15. The van der Waals surface area contributed by atoms with E-state index in [-0.39, 0.29) is 19.8 Å². The van der Waals surface area contributed by atoms with Gasteiger partial charge in [0, 0.05) is 5.41 Å². The summed E-state index contributed by atoms with van der Waals surface area (Å²) in [6, 6.07) is 0. The summed E-state index contributed by atoms with van der Waals surface area (Å²) in [7, 11) is 0. The van der Waals surface area contributed by atoms with Gasteiger partial charge < -0.3 is 46.7 Å². The van der Waals surface area contributed by atoms with Crippen LogP contribution in [0.15, 0.2) is 0 Å². The maximum Gasteiger partial charge on any atom is 0.404 e. The molecule has 0 spiro atoms. The van der Waals surface area contributed by atoms with Crippen LogP contribution >= 0.6 is 0 Å². The van der Waals surface area contributed by atoms with Crippen LogP contribution in [-0.2, 0) is 14.2 Å². The maximum atomic E-state index is 9.60. The third-order valence-electron chi connectivity index (χ3n) is 2.62. The van der Waals surface area contributed by atoms with Gasteiger partial charge in [-0.3, -0.25) is 0 Å². The van der Waals surface area contributed by atoms with E-state index in [1.807, 2.05) is 6.92 Å². The number of rotatable bonds is 7. The summed E-state index contributed by atoms with van der Waals surface area (Å²) in [6.45, 7) is 7.52. The summed E-state index contributed by atoms with van der Waals surface area (Å²) in [5.74, 6) is 0. The van der Waals surface area contributed by atoms with Gasteiger partial charge in [-0.2, -0.15) is 0 Å². The van der Waals surface area contributed by atoms with Crippen molar-refractivity contribution in [2.45, 2.75) is 34.1 Å². The fourth-order valence-corrected chi connectivity index (χ4v) is 0.912. The molecule has 0 atom stereocenters. The van der Waals surface area contributed by atoms with E-state index in [1.54, 1.807) is 20.8 Å². The van der Waals surface area contributed by atoms with E-state index in [1.165, 1.54) is 0 Å². The largest absolute Gasteiger partial charge is 0.450 e. The van der Waals surface area contributed by atoms with E-state index in [0.717, 1.165) is 0 Å². The first-order chi connectivity index (χ1) is 12.6. The van der Waals surface area contributed by atoms with Gasteiger partial charge in [-0.15, -0.1) is 0 Å². The van der Waals surface area contributed by atoms with E-state index >= 15 is 0 Å². The Morgan fingerprint density at radius 3 is 0.889 bits per heavy atom. The molecule has 0 aliphatic rings. The second-order valence-electron chi connectivity index (χ2n) is 4.58. The van der Waals surface area contributed by atoms with Gasteiger partial charge in [0.15, 0.2) is 0 Å². The molecule has 0 aliphatic heterocycles. The Kier molecular flexibility index (Phi) is 28.4. The maximum absolute atomic E-state index is 9.60. The minimum absolute atomic E-state index is 0.156. The van der Waals surface area contributed by atoms with Crippen LogP contribution < -0.4 is 17.2 Å². The van der Waals surface area contributed by atoms with E-state index < -0.39 is 23.7 Å². The highest BCUT2D eigenvalue weighted by Crippen LogP contribution is 2.18. The van der Waals surface area contributed by atoms with Gasteiger partial charge in [-0.25, -0.2) is 14.4 Å². The van der Waals surface area contributed by atoms with Gasteiger partial charge in [0.25, 0.3) is 0 Å².